The highest BCUT2D eigenvalue weighted by Crippen LogP contribution is 2.77. The summed E-state index contributed by atoms with van der Waals surface area (Å²) in [6, 6.07) is 4.64. The van der Waals surface area contributed by atoms with Gasteiger partial charge in [0.05, 0.1) is 5.41 Å². The van der Waals surface area contributed by atoms with E-state index in [2.05, 4.69) is 41.2 Å². The maximum atomic E-state index is 13.5. The average Bonchev–Trinajstić information content (AvgIpc) is 3.50. The zero-order valence-electron chi connectivity index (χ0n) is 34.0. The van der Waals surface area contributed by atoms with E-state index in [0.717, 1.165) is 56.9 Å². The van der Waals surface area contributed by atoms with Gasteiger partial charge in [-0.2, -0.15) is 0 Å². The summed E-state index contributed by atoms with van der Waals surface area (Å²) in [5.74, 6) is -1.42. The van der Waals surface area contributed by atoms with Crippen molar-refractivity contribution >= 4 is 35.9 Å². The quantitative estimate of drug-likeness (QED) is 0.112. The summed E-state index contributed by atoms with van der Waals surface area (Å²) in [6.45, 7) is 20.0. The summed E-state index contributed by atoms with van der Waals surface area (Å²) in [5.41, 5.74) is 0.181. The summed E-state index contributed by atoms with van der Waals surface area (Å²) in [6.07, 6.45) is 11.0. The van der Waals surface area contributed by atoms with E-state index in [1.807, 2.05) is 0 Å². The van der Waals surface area contributed by atoms with E-state index in [-0.39, 0.29) is 58.1 Å². The minimum atomic E-state index is -0.672. The van der Waals surface area contributed by atoms with Gasteiger partial charge in [0.15, 0.2) is 11.5 Å². The number of esters is 4. The number of aliphatic carboxylic acids is 1. The van der Waals surface area contributed by atoms with Crippen LogP contribution >= 0.6 is 0 Å². The molecule has 0 spiro atoms. The number of carbonyl (C=O) groups is 5. The molecule has 0 saturated heterocycles. The van der Waals surface area contributed by atoms with E-state index in [1.54, 1.807) is 12.1 Å². The fourth-order valence-corrected chi connectivity index (χ4v) is 13.4. The average molecular weight is 761 g/mol. The molecule has 0 aliphatic heterocycles. The highest BCUT2D eigenvalue weighted by atomic mass is 16.6. The van der Waals surface area contributed by atoms with Gasteiger partial charge in [-0.25, -0.2) is 4.79 Å². The largest absolute Gasteiger partial charge is 0.481 e. The molecule has 5 saturated carbocycles. The zero-order chi connectivity index (χ0) is 40.3. The van der Waals surface area contributed by atoms with Gasteiger partial charge in [-0.05, 0) is 141 Å². The van der Waals surface area contributed by atoms with E-state index in [0.29, 0.717) is 30.2 Å². The molecule has 0 aromatic heterocycles. The minimum absolute atomic E-state index is 0.0153. The van der Waals surface area contributed by atoms with E-state index in [4.69, 9.17) is 18.9 Å². The number of carboxylic acids is 1. The third kappa shape index (κ3) is 6.73. The molecule has 10 heteroatoms. The normalized spacial score (nSPS) is 39.1. The molecule has 6 rings (SSSR count). The van der Waals surface area contributed by atoms with Gasteiger partial charge in [0.2, 0.25) is 0 Å². The number of carbonyl (C=O) groups excluding carboxylic acids is 4. The first-order valence-electron chi connectivity index (χ1n) is 20.1. The van der Waals surface area contributed by atoms with Crippen LogP contribution in [0.1, 0.15) is 125 Å². The fourth-order valence-electron chi connectivity index (χ4n) is 13.4. The fraction of sp³-hybridized carbons (Fsp3) is 0.667. The van der Waals surface area contributed by atoms with Crippen LogP contribution in [0.4, 0.5) is 0 Å². The van der Waals surface area contributed by atoms with Crippen molar-refractivity contribution in [3.63, 3.8) is 0 Å². The molecule has 0 radical (unpaired) electrons. The van der Waals surface area contributed by atoms with Gasteiger partial charge in [-0.3, -0.25) is 19.2 Å². The molecule has 1 N–H and O–H groups in total. The zero-order valence-corrected chi connectivity index (χ0v) is 34.0. The molecule has 11 atom stereocenters. The molecule has 10 nitrogen and oxygen atoms in total. The molecule has 0 heterocycles. The molecule has 55 heavy (non-hydrogen) atoms. The predicted molar refractivity (Wildman–Crippen MR) is 206 cm³/mol. The highest BCUT2D eigenvalue weighted by molar-refractivity contribution is 5.87. The van der Waals surface area contributed by atoms with Crippen LogP contribution in [-0.4, -0.2) is 47.7 Å². The molecule has 300 valence electrons. The lowest BCUT2D eigenvalue weighted by molar-refractivity contribution is -0.257. The van der Waals surface area contributed by atoms with E-state index >= 15 is 0 Å². The van der Waals surface area contributed by atoms with Crippen LogP contribution in [0.5, 0.6) is 11.5 Å². The number of ether oxygens (including phenoxy) is 4. The Balaban J connectivity index is 1.26. The van der Waals surface area contributed by atoms with Crippen LogP contribution in [0.2, 0.25) is 0 Å². The second kappa shape index (κ2) is 14.5. The number of allylic oxidation sites excluding steroid dienone is 1. The Morgan fingerprint density at radius 3 is 2.11 bits per heavy atom. The first-order chi connectivity index (χ1) is 25.7. The number of hydrogen-bond donors (Lipinski definition) is 1. The molecule has 0 bridgehead atoms. The Labute approximate surface area is 325 Å². The lowest BCUT2D eigenvalue weighted by atomic mass is 9.32. The second-order valence-electron chi connectivity index (χ2n) is 18.6. The van der Waals surface area contributed by atoms with Crippen LogP contribution in [-0.2, 0) is 33.4 Å². The summed E-state index contributed by atoms with van der Waals surface area (Å²) >= 11 is 0. The van der Waals surface area contributed by atoms with Gasteiger partial charge in [0, 0.05) is 32.3 Å². The molecule has 1 aromatic carbocycles. The van der Waals surface area contributed by atoms with Crippen LogP contribution in [0.3, 0.4) is 0 Å². The second-order valence-corrected chi connectivity index (χ2v) is 18.6. The van der Waals surface area contributed by atoms with Crippen LogP contribution < -0.4 is 9.47 Å². The smallest absolute Gasteiger partial charge is 0.331 e. The molecule has 1 aromatic rings. The van der Waals surface area contributed by atoms with Crippen LogP contribution in [0.25, 0.3) is 6.08 Å². The standard InChI is InChI=1S/C45H60O10/c1-26(2)31-16-21-45(40(50)51)23-22-43(8)32(39(31)45)12-14-36-41(6)19-18-37(42(7,25-52-27(3)46)35(41)17-20-44(36,43)9)55-38(49)15-11-30-10-13-33(53-28(4)47)34(24-30)54-29(5)48/h10-11,13,15,24,31-32,35-37,39H,1,12,14,16-23,25H2,2-9H3,(H,50,51)/b15-11+/t31-,32+,35+,36+,37-,39+,41-,42-,43+,44+,45-/m0/s1. The SMILES string of the molecule is C=C(C)[C@@H]1CC[C@]2(C(=O)O)CC[C@]3(C)[C@H](CC[C@@H]4[C@@]5(C)CC[C@H](OC(=O)/C=C/c6ccc(OC(C)=O)c(OC(C)=O)c6)[C@@](C)(COC(C)=O)[C@@H]5CC[C@]43C)[C@@H]12. The maximum absolute atomic E-state index is 13.5. The van der Waals surface area contributed by atoms with Gasteiger partial charge in [0.25, 0.3) is 0 Å². The van der Waals surface area contributed by atoms with Gasteiger partial charge in [-0.1, -0.05) is 45.9 Å². The Morgan fingerprint density at radius 2 is 1.47 bits per heavy atom. The highest BCUT2D eigenvalue weighted by Gasteiger charge is 2.72. The molecular weight excluding hydrogens is 700 g/mol. The van der Waals surface area contributed by atoms with Crippen LogP contribution in [0, 0.1) is 56.7 Å². The predicted octanol–water partition coefficient (Wildman–Crippen LogP) is 8.75. The van der Waals surface area contributed by atoms with Crippen molar-refractivity contribution in [2.24, 2.45) is 56.7 Å². The molecule has 0 amide bonds. The van der Waals surface area contributed by atoms with Crippen LogP contribution in [0.15, 0.2) is 36.4 Å². The van der Waals surface area contributed by atoms with Crippen molar-refractivity contribution < 1.29 is 48.0 Å². The molecule has 5 aliphatic carbocycles. The van der Waals surface area contributed by atoms with E-state index in [1.165, 1.54) is 39.0 Å². The van der Waals surface area contributed by atoms with Crippen molar-refractivity contribution in [2.45, 2.75) is 126 Å². The van der Waals surface area contributed by atoms with Crippen molar-refractivity contribution in [2.75, 3.05) is 6.61 Å². The molecule has 5 fully saturated rings. The molecule has 5 aliphatic rings. The van der Waals surface area contributed by atoms with Gasteiger partial charge < -0.3 is 24.1 Å². The monoisotopic (exact) mass is 760 g/mol. The number of rotatable bonds is 9. The Morgan fingerprint density at radius 1 is 0.782 bits per heavy atom. The van der Waals surface area contributed by atoms with Gasteiger partial charge >= 0.3 is 29.8 Å². The summed E-state index contributed by atoms with van der Waals surface area (Å²) in [7, 11) is 0. The summed E-state index contributed by atoms with van der Waals surface area (Å²) in [4.78, 5) is 62.1. The topological polar surface area (TPSA) is 143 Å². The summed E-state index contributed by atoms with van der Waals surface area (Å²) < 4.78 is 22.5. The van der Waals surface area contributed by atoms with E-state index in [9.17, 15) is 29.1 Å². The lowest BCUT2D eigenvalue weighted by Gasteiger charge is -2.72. The third-order valence-electron chi connectivity index (χ3n) is 16.0. The van der Waals surface area contributed by atoms with E-state index < -0.39 is 40.8 Å². The lowest BCUT2D eigenvalue weighted by Crippen LogP contribution is -2.68. The molecule has 0 unspecified atom stereocenters. The Bertz CT molecular complexity index is 1800. The summed E-state index contributed by atoms with van der Waals surface area (Å²) in [5, 5.41) is 10.7. The van der Waals surface area contributed by atoms with Gasteiger partial charge in [-0.15, -0.1) is 0 Å². The van der Waals surface area contributed by atoms with Gasteiger partial charge in [0.1, 0.15) is 12.7 Å². The van der Waals surface area contributed by atoms with Crippen molar-refractivity contribution in [3.8, 4) is 11.5 Å². The Kier molecular flexibility index (Phi) is 10.8. The van der Waals surface area contributed by atoms with Crippen molar-refractivity contribution in [3.05, 3.63) is 42.0 Å². The maximum Gasteiger partial charge on any atom is 0.331 e. The number of hydrogen-bond acceptors (Lipinski definition) is 9. The first kappa shape index (κ1) is 40.7. The minimum Gasteiger partial charge on any atom is -0.481 e. The van der Waals surface area contributed by atoms with Crippen molar-refractivity contribution in [1.29, 1.82) is 0 Å². The number of fused-ring (bicyclic) bond motifs is 7. The van der Waals surface area contributed by atoms with Crippen molar-refractivity contribution in [1.82, 2.24) is 0 Å². The number of carboxylic acid groups (broad SMARTS) is 1. The number of benzene rings is 1. The Hall–Kier alpha value is -3.95. The first-order valence-corrected chi connectivity index (χ1v) is 20.1. The third-order valence-corrected chi connectivity index (χ3v) is 16.0. The molecular formula is C45H60O10.